The van der Waals surface area contributed by atoms with Crippen molar-refractivity contribution < 1.29 is 4.79 Å². The van der Waals surface area contributed by atoms with Gasteiger partial charge in [-0.3, -0.25) is 9.69 Å². The van der Waals surface area contributed by atoms with E-state index in [2.05, 4.69) is 21.3 Å². The lowest BCUT2D eigenvalue weighted by atomic mass is 10.3. The number of nitrogens with zero attached hydrogens (tertiary/aromatic N) is 3. The Hall–Kier alpha value is -1.19. The van der Waals surface area contributed by atoms with Gasteiger partial charge in [0.15, 0.2) is 5.13 Å². The molecule has 24 heavy (non-hydrogen) atoms. The number of anilines is 1. The fourth-order valence-corrected chi connectivity index (χ4v) is 5.56. The molecule has 0 radical (unpaired) electrons. The maximum absolute atomic E-state index is 12.6. The van der Waals surface area contributed by atoms with E-state index in [-0.39, 0.29) is 18.3 Å². The summed E-state index contributed by atoms with van der Waals surface area (Å²) in [6.07, 6.45) is 1.84. The Morgan fingerprint density at radius 2 is 2.00 bits per heavy atom. The molecule has 0 aliphatic carbocycles. The van der Waals surface area contributed by atoms with Crippen molar-refractivity contribution in [2.75, 3.05) is 31.9 Å². The van der Waals surface area contributed by atoms with Crippen molar-refractivity contribution in [3.8, 4) is 0 Å². The number of hydrogen-bond donors (Lipinski definition) is 1. The highest BCUT2D eigenvalue weighted by Crippen LogP contribution is 2.31. The van der Waals surface area contributed by atoms with E-state index < -0.39 is 0 Å². The Kier molecular flexibility index (Phi) is 5.41. The van der Waals surface area contributed by atoms with E-state index in [1.54, 1.807) is 22.7 Å². The summed E-state index contributed by atoms with van der Waals surface area (Å²) in [6.45, 7) is 4.20. The van der Waals surface area contributed by atoms with Crippen LogP contribution in [0.25, 0.3) is 9.40 Å². The summed E-state index contributed by atoms with van der Waals surface area (Å²) in [4.78, 5) is 23.1. The minimum absolute atomic E-state index is 0. The van der Waals surface area contributed by atoms with Crippen LogP contribution in [-0.4, -0.2) is 46.9 Å². The summed E-state index contributed by atoms with van der Waals surface area (Å²) < 4.78 is 2.42. The third-order valence-corrected chi connectivity index (χ3v) is 6.85. The van der Waals surface area contributed by atoms with E-state index in [4.69, 9.17) is 5.73 Å². The number of rotatable bonds is 3. The molecule has 1 aliphatic rings. The zero-order valence-corrected chi connectivity index (χ0v) is 16.1. The molecule has 0 bridgehead atoms. The topological polar surface area (TPSA) is 62.5 Å². The number of fused-ring (bicyclic) bond motifs is 1. The van der Waals surface area contributed by atoms with Crippen molar-refractivity contribution in [3.05, 3.63) is 33.5 Å². The maximum atomic E-state index is 12.6. The van der Waals surface area contributed by atoms with Gasteiger partial charge in [-0.15, -0.1) is 46.4 Å². The lowest BCUT2D eigenvalue weighted by molar-refractivity contribution is 0.0634. The van der Waals surface area contributed by atoms with Crippen LogP contribution in [0.15, 0.2) is 23.7 Å². The Bertz CT molecular complexity index is 806. The zero-order chi connectivity index (χ0) is 15.8. The molecule has 3 aromatic rings. The molecule has 3 aromatic heterocycles. The van der Waals surface area contributed by atoms with Crippen LogP contribution >= 0.6 is 46.4 Å². The third kappa shape index (κ3) is 3.57. The second-order valence-electron chi connectivity index (χ2n) is 5.49. The summed E-state index contributed by atoms with van der Waals surface area (Å²) in [5.74, 6) is 0.167. The molecule has 4 rings (SSSR count). The first-order valence-corrected chi connectivity index (χ1v) is 9.89. The lowest BCUT2D eigenvalue weighted by Crippen LogP contribution is -2.48. The van der Waals surface area contributed by atoms with Crippen LogP contribution in [0.1, 0.15) is 14.5 Å². The number of hydrogen-bond acceptors (Lipinski definition) is 7. The summed E-state index contributed by atoms with van der Waals surface area (Å²) in [5, 5.41) is 2.69. The average Bonchev–Trinajstić information content (AvgIpc) is 3.23. The molecule has 1 amide bonds. The Morgan fingerprint density at radius 1 is 1.21 bits per heavy atom. The molecule has 2 N–H and O–H groups in total. The number of piperazine rings is 1. The smallest absolute Gasteiger partial charge is 0.264 e. The number of amides is 1. The number of thiophene rings is 2. The predicted molar refractivity (Wildman–Crippen MR) is 105 cm³/mol. The molecule has 5 nitrogen and oxygen atoms in total. The zero-order valence-electron chi connectivity index (χ0n) is 12.8. The predicted octanol–water partition coefficient (Wildman–Crippen LogP) is 3.38. The van der Waals surface area contributed by atoms with Crippen molar-refractivity contribution >= 4 is 66.9 Å². The second-order valence-corrected chi connectivity index (χ2v) is 8.67. The monoisotopic (exact) mass is 400 g/mol. The summed E-state index contributed by atoms with van der Waals surface area (Å²) in [5.41, 5.74) is 5.67. The molecule has 0 aromatic carbocycles. The summed E-state index contributed by atoms with van der Waals surface area (Å²) in [6, 6.07) is 4.11. The van der Waals surface area contributed by atoms with Gasteiger partial charge < -0.3 is 10.6 Å². The number of carbonyl (C=O) groups is 1. The molecule has 0 saturated carbocycles. The quantitative estimate of drug-likeness (QED) is 0.732. The van der Waals surface area contributed by atoms with Gasteiger partial charge in [0.05, 0.1) is 4.88 Å². The molecule has 1 fully saturated rings. The summed E-state index contributed by atoms with van der Waals surface area (Å²) >= 11 is 4.83. The van der Waals surface area contributed by atoms with Crippen LogP contribution in [0.3, 0.4) is 0 Å². The minimum atomic E-state index is 0. The fraction of sp³-hybridized carbons (Fsp3) is 0.333. The molecule has 4 heterocycles. The highest BCUT2D eigenvalue weighted by Gasteiger charge is 2.24. The van der Waals surface area contributed by atoms with E-state index in [1.807, 2.05) is 17.2 Å². The Balaban J connectivity index is 0.00000169. The van der Waals surface area contributed by atoms with Crippen molar-refractivity contribution in [3.63, 3.8) is 0 Å². The third-order valence-electron chi connectivity index (χ3n) is 3.96. The lowest BCUT2D eigenvalue weighted by Gasteiger charge is -2.34. The van der Waals surface area contributed by atoms with Crippen molar-refractivity contribution in [2.45, 2.75) is 6.54 Å². The van der Waals surface area contributed by atoms with Crippen LogP contribution < -0.4 is 5.73 Å². The van der Waals surface area contributed by atoms with Crippen molar-refractivity contribution in [2.24, 2.45) is 0 Å². The molecule has 1 aliphatic heterocycles. The van der Waals surface area contributed by atoms with Gasteiger partial charge in [-0.1, -0.05) is 0 Å². The molecule has 0 spiro atoms. The van der Waals surface area contributed by atoms with E-state index in [9.17, 15) is 4.79 Å². The van der Waals surface area contributed by atoms with Crippen molar-refractivity contribution in [1.82, 2.24) is 14.8 Å². The normalized spacial score (nSPS) is 15.6. The number of halogens is 1. The first-order chi connectivity index (χ1) is 11.2. The number of carbonyl (C=O) groups excluding carboxylic acids is 1. The van der Waals surface area contributed by atoms with Crippen LogP contribution in [-0.2, 0) is 6.54 Å². The number of nitrogen functional groups attached to an aromatic ring is 1. The Labute approximate surface area is 158 Å². The highest BCUT2D eigenvalue weighted by atomic mass is 35.5. The van der Waals surface area contributed by atoms with Gasteiger partial charge in [-0.05, 0) is 17.5 Å². The largest absolute Gasteiger partial charge is 0.375 e. The molecule has 1 saturated heterocycles. The van der Waals surface area contributed by atoms with E-state index in [1.165, 1.54) is 25.6 Å². The Morgan fingerprint density at radius 3 is 2.67 bits per heavy atom. The van der Waals surface area contributed by atoms with Crippen molar-refractivity contribution in [1.29, 1.82) is 0 Å². The van der Waals surface area contributed by atoms with Gasteiger partial charge in [-0.25, -0.2) is 4.98 Å². The van der Waals surface area contributed by atoms with Gasteiger partial charge in [0.2, 0.25) is 0 Å². The number of thiazole rings is 1. The minimum Gasteiger partial charge on any atom is -0.375 e. The van der Waals surface area contributed by atoms with E-state index in [0.717, 1.165) is 37.6 Å². The van der Waals surface area contributed by atoms with Crippen LogP contribution in [0, 0.1) is 0 Å². The molecule has 9 heteroatoms. The standard InChI is InChI=1S/C15H16N4OS3.ClH/c16-15-17-8-10(22-15)9-18-2-4-19(5-3-18)14(20)13-7-12-11(23-13)1-6-21-12;/h1,6-8H,2-5,9H2,(H2,16,17);1H. The van der Waals surface area contributed by atoms with E-state index >= 15 is 0 Å². The van der Waals surface area contributed by atoms with Gasteiger partial charge >= 0.3 is 0 Å². The van der Waals surface area contributed by atoms with E-state index in [0.29, 0.717) is 5.13 Å². The maximum Gasteiger partial charge on any atom is 0.264 e. The molecular formula is C15H17ClN4OS3. The first-order valence-electron chi connectivity index (χ1n) is 7.38. The van der Waals surface area contributed by atoms with Gasteiger partial charge in [0.25, 0.3) is 5.91 Å². The van der Waals surface area contributed by atoms with Crippen LogP contribution in [0.4, 0.5) is 5.13 Å². The molecule has 128 valence electrons. The molecule has 0 unspecified atom stereocenters. The van der Waals surface area contributed by atoms with Crippen LogP contribution in [0.5, 0.6) is 0 Å². The first kappa shape index (κ1) is 17.6. The van der Waals surface area contributed by atoms with Crippen LogP contribution in [0.2, 0.25) is 0 Å². The molecule has 0 atom stereocenters. The van der Waals surface area contributed by atoms with Gasteiger partial charge in [-0.2, -0.15) is 0 Å². The SMILES string of the molecule is Cl.Nc1ncc(CN2CCN(C(=O)c3cc4sccc4s3)CC2)s1. The summed E-state index contributed by atoms with van der Waals surface area (Å²) in [7, 11) is 0. The fourth-order valence-electron chi connectivity index (χ4n) is 2.75. The number of nitrogens with two attached hydrogens (primary N) is 1. The second kappa shape index (κ2) is 7.37. The van der Waals surface area contributed by atoms with Gasteiger partial charge in [0, 0.05) is 53.2 Å². The highest BCUT2D eigenvalue weighted by molar-refractivity contribution is 7.27. The molecular weight excluding hydrogens is 384 g/mol. The average molecular weight is 401 g/mol. The van der Waals surface area contributed by atoms with Gasteiger partial charge in [0.1, 0.15) is 0 Å². The number of aromatic nitrogens is 1.